The maximum Gasteiger partial charge on any atom is 0.257 e. The van der Waals surface area contributed by atoms with Gasteiger partial charge in [0, 0.05) is 24.0 Å². The first kappa shape index (κ1) is 18.3. The van der Waals surface area contributed by atoms with E-state index in [1.54, 1.807) is 36.4 Å². The predicted molar refractivity (Wildman–Crippen MR) is 107 cm³/mol. The monoisotopic (exact) mass is 359 g/mol. The molecule has 0 atom stereocenters. The normalized spacial score (nSPS) is 10.3. The number of nitrogens with one attached hydrogen (secondary N) is 2. The molecule has 0 radical (unpaired) electrons. The van der Waals surface area contributed by atoms with E-state index in [1.165, 1.54) is 18.7 Å². The number of Topliss-reactive ketones (excluding diaryl/α,β-unsaturated/α-hetero) is 1. The van der Waals surface area contributed by atoms with Crippen molar-refractivity contribution in [3.8, 4) is 0 Å². The molecule has 0 bridgehead atoms. The first-order valence-electron chi connectivity index (χ1n) is 8.78. The Hall–Kier alpha value is -3.47. The fourth-order valence-corrected chi connectivity index (χ4v) is 2.63. The van der Waals surface area contributed by atoms with E-state index < -0.39 is 0 Å². The third-order valence-corrected chi connectivity index (χ3v) is 4.12. The average Bonchev–Trinajstić information content (AvgIpc) is 2.69. The van der Waals surface area contributed by atoms with Crippen LogP contribution >= 0.6 is 0 Å². The van der Waals surface area contributed by atoms with E-state index in [0.717, 1.165) is 18.8 Å². The Morgan fingerprint density at radius 1 is 0.926 bits per heavy atom. The van der Waals surface area contributed by atoms with Crippen LogP contribution in [-0.2, 0) is 6.42 Å². The molecule has 3 rings (SSSR count). The van der Waals surface area contributed by atoms with Crippen LogP contribution in [-0.4, -0.2) is 23.2 Å². The minimum absolute atomic E-state index is 0.0429. The molecule has 2 aromatic carbocycles. The maximum atomic E-state index is 12.3. The van der Waals surface area contributed by atoms with Crippen LogP contribution in [0.25, 0.3) is 0 Å². The highest BCUT2D eigenvalue weighted by atomic mass is 16.1. The van der Waals surface area contributed by atoms with Crippen molar-refractivity contribution in [3.05, 3.63) is 89.6 Å². The van der Waals surface area contributed by atoms with Crippen LogP contribution in [0.2, 0.25) is 0 Å². The molecule has 1 aromatic heterocycles. The van der Waals surface area contributed by atoms with Crippen molar-refractivity contribution in [1.29, 1.82) is 0 Å². The average molecular weight is 359 g/mol. The van der Waals surface area contributed by atoms with Crippen molar-refractivity contribution in [2.24, 2.45) is 0 Å². The first-order chi connectivity index (χ1) is 13.1. The van der Waals surface area contributed by atoms with E-state index in [4.69, 9.17) is 0 Å². The van der Waals surface area contributed by atoms with Crippen LogP contribution in [0.4, 0.5) is 11.5 Å². The zero-order chi connectivity index (χ0) is 19.1. The molecule has 5 heteroatoms. The van der Waals surface area contributed by atoms with Gasteiger partial charge in [-0.15, -0.1) is 0 Å². The van der Waals surface area contributed by atoms with Gasteiger partial charge in [0.05, 0.1) is 5.56 Å². The number of carbonyl (C=O) groups excluding carboxylic acids is 2. The fourth-order valence-electron chi connectivity index (χ4n) is 2.63. The van der Waals surface area contributed by atoms with Crippen molar-refractivity contribution in [1.82, 2.24) is 4.98 Å². The summed E-state index contributed by atoms with van der Waals surface area (Å²) in [5.74, 6) is 0.416. The molecule has 1 amide bonds. The van der Waals surface area contributed by atoms with Crippen molar-refractivity contribution in [2.45, 2.75) is 13.3 Å². The topological polar surface area (TPSA) is 71.1 Å². The molecule has 0 saturated heterocycles. The lowest BCUT2D eigenvalue weighted by Crippen LogP contribution is -2.13. The second-order valence-corrected chi connectivity index (χ2v) is 6.19. The molecular weight excluding hydrogens is 338 g/mol. The van der Waals surface area contributed by atoms with Crippen molar-refractivity contribution in [3.63, 3.8) is 0 Å². The number of ketones is 1. The highest BCUT2D eigenvalue weighted by Gasteiger charge is 2.08. The second-order valence-electron chi connectivity index (χ2n) is 6.19. The number of hydrogen-bond donors (Lipinski definition) is 2. The molecule has 0 unspecified atom stereocenters. The van der Waals surface area contributed by atoms with Gasteiger partial charge in [0.1, 0.15) is 5.82 Å². The Morgan fingerprint density at radius 3 is 2.44 bits per heavy atom. The number of amides is 1. The standard InChI is InChI=1S/C22H21N3O2/c1-16(26)18-8-5-9-20(14-18)25-22(27)19-10-11-21(24-15-19)23-13-12-17-6-3-2-4-7-17/h2-11,14-15H,12-13H2,1H3,(H,23,24)(H,25,27). The molecule has 0 aliphatic heterocycles. The molecule has 0 spiro atoms. The largest absolute Gasteiger partial charge is 0.370 e. The van der Waals surface area contributed by atoms with Crippen LogP contribution in [0.1, 0.15) is 33.2 Å². The number of benzene rings is 2. The van der Waals surface area contributed by atoms with Crippen LogP contribution in [0.3, 0.4) is 0 Å². The summed E-state index contributed by atoms with van der Waals surface area (Å²) < 4.78 is 0. The first-order valence-corrected chi connectivity index (χ1v) is 8.78. The summed E-state index contributed by atoms with van der Waals surface area (Å²) in [6.45, 7) is 2.26. The lowest BCUT2D eigenvalue weighted by molar-refractivity contribution is 0.101. The lowest BCUT2D eigenvalue weighted by Gasteiger charge is -2.08. The number of rotatable bonds is 7. The number of carbonyl (C=O) groups is 2. The molecule has 27 heavy (non-hydrogen) atoms. The highest BCUT2D eigenvalue weighted by molar-refractivity contribution is 6.05. The number of aromatic nitrogens is 1. The summed E-state index contributed by atoms with van der Waals surface area (Å²) in [7, 11) is 0. The van der Waals surface area contributed by atoms with Gasteiger partial charge >= 0.3 is 0 Å². The van der Waals surface area contributed by atoms with Crippen molar-refractivity contribution in [2.75, 3.05) is 17.2 Å². The molecular formula is C22H21N3O2. The van der Waals surface area contributed by atoms with Crippen molar-refractivity contribution < 1.29 is 9.59 Å². The minimum atomic E-state index is -0.265. The Morgan fingerprint density at radius 2 is 1.74 bits per heavy atom. The van der Waals surface area contributed by atoms with Gasteiger partial charge < -0.3 is 10.6 Å². The van der Waals surface area contributed by atoms with Gasteiger partial charge in [0.2, 0.25) is 0 Å². The van der Waals surface area contributed by atoms with E-state index in [-0.39, 0.29) is 11.7 Å². The lowest BCUT2D eigenvalue weighted by atomic mass is 10.1. The minimum Gasteiger partial charge on any atom is -0.370 e. The molecule has 0 fully saturated rings. The van der Waals surface area contributed by atoms with Gasteiger partial charge in [-0.05, 0) is 43.2 Å². The van der Waals surface area contributed by atoms with Gasteiger partial charge in [-0.2, -0.15) is 0 Å². The second kappa shape index (κ2) is 8.76. The predicted octanol–water partition coefficient (Wildman–Crippen LogP) is 4.19. The number of nitrogens with zero attached hydrogens (tertiary/aromatic N) is 1. The summed E-state index contributed by atoms with van der Waals surface area (Å²) in [6.07, 6.45) is 2.44. The summed E-state index contributed by atoms with van der Waals surface area (Å²) in [4.78, 5) is 28.1. The summed E-state index contributed by atoms with van der Waals surface area (Å²) in [5, 5.41) is 6.03. The van der Waals surface area contributed by atoms with E-state index in [2.05, 4.69) is 27.8 Å². The Bertz CT molecular complexity index is 922. The Kier molecular flexibility index (Phi) is 5.94. The fraction of sp³-hybridized carbons (Fsp3) is 0.136. The zero-order valence-electron chi connectivity index (χ0n) is 15.1. The van der Waals surface area contributed by atoms with Gasteiger partial charge in [0.25, 0.3) is 5.91 Å². The van der Waals surface area contributed by atoms with Crippen LogP contribution < -0.4 is 10.6 Å². The van der Waals surface area contributed by atoms with Crippen LogP contribution in [0, 0.1) is 0 Å². The van der Waals surface area contributed by atoms with E-state index in [1.807, 2.05) is 18.2 Å². The highest BCUT2D eigenvalue weighted by Crippen LogP contribution is 2.13. The third-order valence-electron chi connectivity index (χ3n) is 4.12. The molecule has 1 heterocycles. The Labute approximate surface area is 158 Å². The van der Waals surface area contributed by atoms with E-state index >= 15 is 0 Å². The quantitative estimate of drug-likeness (QED) is 0.621. The number of hydrogen-bond acceptors (Lipinski definition) is 4. The van der Waals surface area contributed by atoms with E-state index in [0.29, 0.717) is 16.8 Å². The van der Waals surface area contributed by atoms with Crippen LogP contribution in [0.5, 0.6) is 0 Å². The van der Waals surface area contributed by atoms with Crippen LogP contribution in [0.15, 0.2) is 72.9 Å². The van der Waals surface area contributed by atoms with Gasteiger partial charge in [-0.1, -0.05) is 42.5 Å². The van der Waals surface area contributed by atoms with E-state index in [9.17, 15) is 9.59 Å². The van der Waals surface area contributed by atoms with Gasteiger partial charge in [-0.25, -0.2) is 4.98 Å². The summed E-state index contributed by atoms with van der Waals surface area (Å²) in [6, 6.07) is 20.6. The SMILES string of the molecule is CC(=O)c1cccc(NC(=O)c2ccc(NCCc3ccccc3)nc2)c1. The molecule has 5 nitrogen and oxygen atoms in total. The molecule has 0 aliphatic carbocycles. The maximum absolute atomic E-state index is 12.3. The third kappa shape index (κ3) is 5.25. The van der Waals surface area contributed by atoms with Gasteiger partial charge in [0.15, 0.2) is 5.78 Å². The molecule has 0 aliphatic rings. The number of pyridine rings is 1. The molecule has 3 aromatic rings. The summed E-state index contributed by atoms with van der Waals surface area (Å²) >= 11 is 0. The van der Waals surface area contributed by atoms with Crippen molar-refractivity contribution >= 4 is 23.2 Å². The van der Waals surface area contributed by atoms with Gasteiger partial charge in [-0.3, -0.25) is 9.59 Å². The molecule has 0 saturated carbocycles. The number of anilines is 2. The zero-order valence-corrected chi connectivity index (χ0v) is 15.1. The molecule has 2 N–H and O–H groups in total. The Balaban J connectivity index is 1.55. The molecule has 136 valence electrons. The smallest absolute Gasteiger partial charge is 0.257 e. The summed E-state index contributed by atoms with van der Waals surface area (Å²) in [5.41, 5.74) is 2.85.